The first-order valence-corrected chi connectivity index (χ1v) is 6.87. The number of benzene rings is 1. The number of nitrogen functional groups attached to an aromatic ring is 1. The number of hydrogen-bond acceptors (Lipinski definition) is 4. The van der Waals surface area contributed by atoms with Crippen LogP contribution < -0.4 is 16.4 Å². The fraction of sp³-hybridized carbons (Fsp3) is 0.333. The van der Waals surface area contributed by atoms with Crippen LogP contribution in [0, 0.1) is 0 Å². The number of primary amides is 1. The maximum atomic E-state index is 11.6. The summed E-state index contributed by atoms with van der Waals surface area (Å²) >= 11 is 0. The number of rotatable bonds is 2. The quantitative estimate of drug-likeness (QED) is 0.813. The Morgan fingerprint density at radius 3 is 2.95 bits per heavy atom. The van der Waals surface area contributed by atoms with Crippen molar-refractivity contribution in [3.63, 3.8) is 0 Å². The van der Waals surface area contributed by atoms with Gasteiger partial charge in [0.05, 0.1) is 16.9 Å². The van der Waals surface area contributed by atoms with Crippen LogP contribution in [0.4, 0.5) is 11.4 Å². The SMILES string of the molecule is NC(=O)C1CCCCN1c1ccc2ncccc2c1N. The third kappa shape index (κ3) is 2.05. The lowest BCUT2D eigenvalue weighted by molar-refractivity contribution is -0.119. The summed E-state index contributed by atoms with van der Waals surface area (Å²) in [5.41, 5.74) is 14.2. The van der Waals surface area contributed by atoms with Crippen molar-refractivity contribution in [3.05, 3.63) is 30.5 Å². The topological polar surface area (TPSA) is 85.2 Å². The Morgan fingerprint density at radius 2 is 2.15 bits per heavy atom. The largest absolute Gasteiger partial charge is 0.396 e. The summed E-state index contributed by atoms with van der Waals surface area (Å²) in [4.78, 5) is 18.0. The van der Waals surface area contributed by atoms with E-state index in [1.165, 1.54) is 0 Å². The maximum absolute atomic E-state index is 11.6. The van der Waals surface area contributed by atoms with Crippen LogP contribution in [0.1, 0.15) is 19.3 Å². The minimum absolute atomic E-state index is 0.264. The molecular formula is C15H18N4O. The smallest absolute Gasteiger partial charge is 0.240 e. The first kappa shape index (κ1) is 12.7. The minimum Gasteiger partial charge on any atom is -0.396 e. The molecule has 104 valence electrons. The van der Waals surface area contributed by atoms with Crippen LogP contribution in [-0.4, -0.2) is 23.5 Å². The predicted octanol–water partition coefficient (Wildman–Crippen LogP) is 1.66. The molecule has 1 aliphatic rings. The molecule has 20 heavy (non-hydrogen) atoms. The van der Waals surface area contributed by atoms with Crippen LogP contribution in [0.25, 0.3) is 10.9 Å². The van der Waals surface area contributed by atoms with Gasteiger partial charge in [-0.15, -0.1) is 0 Å². The van der Waals surface area contributed by atoms with Gasteiger partial charge >= 0.3 is 0 Å². The number of anilines is 2. The third-order valence-electron chi connectivity index (χ3n) is 3.94. The van der Waals surface area contributed by atoms with Gasteiger partial charge in [0.1, 0.15) is 6.04 Å². The normalized spacial score (nSPS) is 19.2. The summed E-state index contributed by atoms with van der Waals surface area (Å²) in [6, 6.07) is 7.43. The Labute approximate surface area is 117 Å². The second-order valence-electron chi connectivity index (χ2n) is 5.18. The van der Waals surface area contributed by atoms with Crippen molar-refractivity contribution >= 4 is 28.2 Å². The Hall–Kier alpha value is -2.30. The van der Waals surface area contributed by atoms with Gasteiger partial charge in [0, 0.05) is 18.1 Å². The zero-order chi connectivity index (χ0) is 14.1. The van der Waals surface area contributed by atoms with E-state index < -0.39 is 0 Å². The van der Waals surface area contributed by atoms with Gasteiger partial charge in [-0.05, 0) is 43.5 Å². The number of aromatic nitrogens is 1. The van der Waals surface area contributed by atoms with E-state index in [0.717, 1.165) is 42.4 Å². The Morgan fingerprint density at radius 1 is 1.30 bits per heavy atom. The van der Waals surface area contributed by atoms with Crippen molar-refractivity contribution in [3.8, 4) is 0 Å². The molecule has 2 heterocycles. The van der Waals surface area contributed by atoms with Gasteiger partial charge in [0.15, 0.2) is 0 Å². The number of carbonyl (C=O) groups excluding carboxylic acids is 1. The highest BCUT2D eigenvalue weighted by atomic mass is 16.1. The zero-order valence-electron chi connectivity index (χ0n) is 11.2. The standard InChI is InChI=1S/C15H18N4O/c16-14-10-4-3-8-18-11(10)6-7-12(14)19-9-2-1-5-13(19)15(17)20/h3-4,6-8,13H,1-2,5,9,16H2,(H2,17,20). The molecule has 1 aromatic heterocycles. The molecule has 0 spiro atoms. The minimum atomic E-state index is -0.282. The van der Waals surface area contributed by atoms with E-state index in [2.05, 4.69) is 4.98 Å². The molecule has 5 heteroatoms. The van der Waals surface area contributed by atoms with Crippen molar-refractivity contribution in [2.75, 3.05) is 17.2 Å². The van der Waals surface area contributed by atoms with E-state index in [4.69, 9.17) is 11.5 Å². The van der Waals surface area contributed by atoms with Crippen LogP contribution in [0.15, 0.2) is 30.5 Å². The van der Waals surface area contributed by atoms with Gasteiger partial charge in [-0.1, -0.05) is 0 Å². The molecule has 0 saturated carbocycles. The molecule has 1 saturated heterocycles. The highest BCUT2D eigenvalue weighted by Crippen LogP contribution is 2.34. The molecule has 0 bridgehead atoms. The van der Waals surface area contributed by atoms with Crippen molar-refractivity contribution in [1.29, 1.82) is 0 Å². The molecule has 0 aliphatic carbocycles. The van der Waals surface area contributed by atoms with Gasteiger partial charge in [-0.25, -0.2) is 0 Å². The van der Waals surface area contributed by atoms with Crippen molar-refractivity contribution in [1.82, 2.24) is 4.98 Å². The number of hydrogen-bond donors (Lipinski definition) is 2. The van der Waals surface area contributed by atoms with Gasteiger partial charge < -0.3 is 16.4 Å². The van der Waals surface area contributed by atoms with Gasteiger partial charge in [-0.2, -0.15) is 0 Å². The molecule has 1 atom stereocenters. The van der Waals surface area contributed by atoms with E-state index >= 15 is 0 Å². The summed E-state index contributed by atoms with van der Waals surface area (Å²) in [7, 11) is 0. The van der Waals surface area contributed by atoms with E-state index in [1.807, 2.05) is 29.2 Å². The number of piperidine rings is 1. The highest BCUT2D eigenvalue weighted by molar-refractivity contribution is 5.98. The van der Waals surface area contributed by atoms with Crippen LogP contribution in [-0.2, 0) is 4.79 Å². The van der Waals surface area contributed by atoms with Crippen LogP contribution in [0.2, 0.25) is 0 Å². The average Bonchev–Trinajstić information content (AvgIpc) is 2.48. The summed E-state index contributed by atoms with van der Waals surface area (Å²) in [5.74, 6) is -0.282. The number of fused-ring (bicyclic) bond motifs is 1. The number of nitrogens with zero attached hydrogens (tertiary/aromatic N) is 2. The fourth-order valence-corrected chi connectivity index (χ4v) is 2.93. The number of carbonyl (C=O) groups is 1. The lowest BCUT2D eigenvalue weighted by Gasteiger charge is -2.36. The van der Waals surface area contributed by atoms with Gasteiger partial charge in [-0.3, -0.25) is 9.78 Å². The predicted molar refractivity (Wildman–Crippen MR) is 80.3 cm³/mol. The molecule has 1 aliphatic heterocycles. The fourth-order valence-electron chi connectivity index (χ4n) is 2.93. The summed E-state index contributed by atoms with van der Waals surface area (Å²) in [5, 5.41) is 0.916. The molecule has 1 unspecified atom stereocenters. The zero-order valence-corrected chi connectivity index (χ0v) is 11.2. The highest BCUT2D eigenvalue weighted by Gasteiger charge is 2.28. The first-order chi connectivity index (χ1) is 9.68. The monoisotopic (exact) mass is 270 g/mol. The lowest BCUT2D eigenvalue weighted by Crippen LogP contribution is -2.48. The molecule has 3 rings (SSSR count). The van der Waals surface area contributed by atoms with Crippen molar-refractivity contribution in [2.45, 2.75) is 25.3 Å². The maximum Gasteiger partial charge on any atom is 0.240 e. The first-order valence-electron chi connectivity index (χ1n) is 6.87. The number of amides is 1. The molecule has 5 nitrogen and oxygen atoms in total. The summed E-state index contributed by atoms with van der Waals surface area (Å²) in [6.07, 6.45) is 4.61. The summed E-state index contributed by atoms with van der Waals surface area (Å²) < 4.78 is 0. The molecule has 1 amide bonds. The van der Waals surface area contributed by atoms with E-state index in [9.17, 15) is 4.79 Å². The Balaban J connectivity index is 2.08. The second kappa shape index (κ2) is 5.00. The van der Waals surface area contributed by atoms with E-state index in [1.54, 1.807) is 6.20 Å². The van der Waals surface area contributed by atoms with E-state index in [0.29, 0.717) is 5.69 Å². The molecule has 0 radical (unpaired) electrons. The second-order valence-corrected chi connectivity index (χ2v) is 5.18. The van der Waals surface area contributed by atoms with Crippen LogP contribution >= 0.6 is 0 Å². The summed E-state index contributed by atoms with van der Waals surface area (Å²) in [6.45, 7) is 0.809. The third-order valence-corrected chi connectivity index (χ3v) is 3.94. The number of nitrogens with two attached hydrogens (primary N) is 2. The van der Waals surface area contributed by atoms with Crippen LogP contribution in [0.3, 0.4) is 0 Å². The van der Waals surface area contributed by atoms with Crippen molar-refractivity contribution < 1.29 is 4.79 Å². The van der Waals surface area contributed by atoms with E-state index in [-0.39, 0.29) is 11.9 Å². The Bertz CT molecular complexity index is 655. The molecular weight excluding hydrogens is 252 g/mol. The van der Waals surface area contributed by atoms with Gasteiger partial charge in [0.25, 0.3) is 0 Å². The van der Waals surface area contributed by atoms with Gasteiger partial charge in [0.2, 0.25) is 5.91 Å². The average molecular weight is 270 g/mol. The van der Waals surface area contributed by atoms with Crippen molar-refractivity contribution in [2.24, 2.45) is 5.73 Å². The molecule has 4 N–H and O–H groups in total. The molecule has 2 aromatic rings. The number of pyridine rings is 1. The Kier molecular flexibility index (Phi) is 3.18. The molecule has 1 fully saturated rings. The molecule has 1 aromatic carbocycles. The van der Waals surface area contributed by atoms with Crippen LogP contribution in [0.5, 0.6) is 0 Å². The lowest BCUT2D eigenvalue weighted by atomic mass is 9.99.